The first-order chi connectivity index (χ1) is 13.0. The summed E-state index contributed by atoms with van der Waals surface area (Å²) in [6, 6.07) is 3.66. The minimum absolute atomic E-state index is 0.100. The Labute approximate surface area is 172 Å². The van der Waals surface area contributed by atoms with Gasteiger partial charge in [-0.05, 0) is 72.9 Å². The maximum absolute atomic E-state index is 12.8. The van der Waals surface area contributed by atoms with Crippen molar-refractivity contribution in [2.75, 3.05) is 6.61 Å². The van der Waals surface area contributed by atoms with Gasteiger partial charge in [-0.1, -0.05) is 0 Å². The van der Waals surface area contributed by atoms with Gasteiger partial charge in [-0.2, -0.15) is 0 Å². The molecular formula is C21H22INO4. The number of dihydropyridines is 1. The SMILES string of the molecule is CCOc1cc(C2C3=C(CCCC3=O)NC3=C2C(=O)CCC3)cc(I)c1O. The first-order valence-corrected chi connectivity index (χ1v) is 10.5. The third-order valence-corrected chi connectivity index (χ3v) is 6.30. The Morgan fingerprint density at radius 3 is 2.22 bits per heavy atom. The van der Waals surface area contributed by atoms with Crippen molar-refractivity contribution < 1.29 is 19.4 Å². The number of rotatable bonds is 3. The van der Waals surface area contributed by atoms with E-state index in [1.54, 1.807) is 6.07 Å². The van der Waals surface area contributed by atoms with Gasteiger partial charge < -0.3 is 15.2 Å². The third-order valence-electron chi connectivity index (χ3n) is 5.48. The molecule has 0 fully saturated rings. The van der Waals surface area contributed by atoms with Crippen LogP contribution in [0.3, 0.4) is 0 Å². The lowest BCUT2D eigenvalue weighted by molar-refractivity contribution is -0.116. The monoisotopic (exact) mass is 479 g/mol. The van der Waals surface area contributed by atoms with E-state index < -0.39 is 0 Å². The van der Waals surface area contributed by atoms with E-state index in [4.69, 9.17) is 4.74 Å². The summed E-state index contributed by atoms with van der Waals surface area (Å²) in [5, 5.41) is 13.7. The number of benzene rings is 1. The van der Waals surface area contributed by atoms with Gasteiger partial charge in [0.2, 0.25) is 0 Å². The smallest absolute Gasteiger partial charge is 0.171 e. The van der Waals surface area contributed by atoms with Crippen LogP contribution in [0.1, 0.15) is 56.9 Å². The highest BCUT2D eigenvalue weighted by molar-refractivity contribution is 14.1. The number of hydrogen-bond donors (Lipinski definition) is 2. The van der Waals surface area contributed by atoms with E-state index in [2.05, 4.69) is 27.9 Å². The predicted molar refractivity (Wildman–Crippen MR) is 110 cm³/mol. The minimum Gasteiger partial charge on any atom is -0.504 e. The van der Waals surface area contributed by atoms with E-state index in [0.29, 0.717) is 28.8 Å². The van der Waals surface area contributed by atoms with Crippen LogP contribution in [-0.4, -0.2) is 23.3 Å². The molecule has 1 aromatic carbocycles. The molecule has 0 radical (unpaired) electrons. The molecule has 0 amide bonds. The summed E-state index contributed by atoms with van der Waals surface area (Å²) in [6.07, 6.45) is 4.37. The lowest BCUT2D eigenvalue weighted by atomic mass is 9.71. The van der Waals surface area contributed by atoms with E-state index in [1.165, 1.54) is 0 Å². The molecule has 0 spiro atoms. The molecular weight excluding hydrogens is 457 g/mol. The van der Waals surface area contributed by atoms with E-state index in [-0.39, 0.29) is 23.2 Å². The molecule has 2 N–H and O–H groups in total. The first kappa shape index (κ1) is 18.5. The Hall–Kier alpha value is -1.83. The van der Waals surface area contributed by atoms with Gasteiger partial charge in [-0.25, -0.2) is 0 Å². The molecule has 27 heavy (non-hydrogen) atoms. The van der Waals surface area contributed by atoms with Crippen LogP contribution in [0.2, 0.25) is 0 Å². The highest BCUT2D eigenvalue weighted by atomic mass is 127. The molecule has 0 unspecified atom stereocenters. The number of nitrogens with one attached hydrogen (secondary N) is 1. The molecule has 1 aliphatic heterocycles. The number of carbonyl (C=O) groups excluding carboxylic acids is 2. The Kier molecular flexibility index (Phi) is 5.01. The van der Waals surface area contributed by atoms with Gasteiger partial charge in [-0.15, -0.1) is 0 Å². The number of halogens is 1. The molecule has 0 bridgehead atoms. The Bertz CT molecular complexity index is 858. The molecule has 5 nitrogen and oxygen atoms in total. The fourth-order valence-corrected chi connectivity index (χ4v) is 4.97. The normalized spacial score (nSPS) is 20.4. The van der Waals surface area contributed by atoms with Crippen LogP contribution >= 0.6 is 22.6 Å². The average molecular weight is 479 g/mol. The first-order valence-electron chi connectivity index (χ1n) is 9.46. The molecule has 6 heteroatoms. The number of aromatic hydroxyl groups is 1. The molecule has 1 aromatic rings. The van der Waals surface area contributed by atoms with Crippen LogP contribution in [0.4, 0.5) is 0 Å². The number of ether oxygens (including phenoxy) is 1. The summed E-state index contributed by atoms with van der Waals surface area (Å²) >= 11 is 2.07. The summed E-state index contributed by atoms with van der Waals surface area (Å²) in [5.74, 6) is 0.349. The molecule has 0 saturated heterocycles. The van der Waals surface area contributed by atoms with E-state index in [9.17, 15) is 14.7 Å². The number of allylic oxidation sites excluding steroid dienone is 4. The van der Waals surface area contributed by atoms with Crippen molar-refractivity contribution in [1.82, 2.24) is 5.32 Å². The van der Waals surface area contributed by atoms with E-state index in [1.807, 2.05) is 13.0 Å². The number of carbonyl (C=O) groups is 2. The van der Waals surface area contributed by atoms with Crippen LogP contribution in [0.15, 0.2) is 34.7 Å². The Balaban J connectivity index is 1.92. The maximum Gasteiger partial charge on any atom is 0.171 e. The van der Waals surface area contributed by atoms with Crippen molar-refractivity contribution in [1.29, 1.82) is 0 Å². The second-order valence-electron chi connectivity index (χ2n) is 7.18. The van der Waals surface area contributed by atoms with Gasteiger partial charge in [-0.3, -0.25) is 9.59 Å². The standard InChI is InChI=1S/C21H22INO4/c1-2-27-17-10-11(9-12(22)21(17)26)18-19-13(5-3-7-15(19)24)23-14-6-4-8-16(25)20(14)18/h9-10,18,23,26H,2-8H2,1H3. The van der Waals surface area contributed by atoms with Gasteiger partial charge >= 0.3 is 0 Å². The number of hydrogen-bond acceptors (Lipinski definition) is 5. The average Bonchev–Trinajstić information content (AvgIpc) is 2.64. The third kappa shape index (κ3) is 3.17. The quantitative estimate of drug-likeness (QED) is 0.639. The van der Waals surface area contributed by atoms with E-state index >= 15 is 0 Å². The number of ketones is 2. The fraction of sp³-hybridized carbons (Fsp3) is 0.429. The van der Waals surface area contributed by atoms with Gasteiger partial charge in [0.1, 0.15) is 0 Å². The Morgan fingerprint density at radius 2 is 1.67 bits per heavy atom. The number of phenols is 1. The lowest BCUT2D eigenvalue weighted by Gasteiger charge is -2.37. The van der Waals surface area contributed by atoms with Crippen LogP contribution in [-0.2, 0) is 9.59 Å². The zero-order valence-corrected chi connectivity index (χ0v) is 17.4. The summed E-state index contributed by atoms with van der Waals surface area (Å²) in [6.45, 7) is 2.29. The summed E-state index contributed by atoms with van der Waals surface area (Å²) in [4.78, 5) is 25.7. The van der Waals surface area contributed by atoms with Crippen LogP contribution in [0.25, 0.3) is 0 Å². The van der Waals surface area contributed by atoms with Crippen molar-refractivity contribution in [2.24, 2.45) is 0 Å². The fourth-order valence-electron chi connectivity index (χ4n) is 4.34. The maximum atomic E-state index is 12.8. The van der Waals surface area contributed by atoms with Crippen molar-refractivity contribution in [3.63, 3.8) is 0 Å². The molecule has 2 aliphatic carbocycles. The highest BCUT2D eigenvalue weighted by Gasteiger charge is 2.40. The van der Waals surface area contributed by atoms with Crippen molar-refractivity contribution in [3.8, 4) is 11.5 Å². The largest absolute Gasteiger partial charge is 0.504 e. The number of Topliss-reactive ketones (excluding diaryl/α,β-unsaturated/α-hetero) is 2. The van der Waals surface area contributed by atoms with Crippen LogP contribution < -0.4 is 10.1 Å². The van der Waals surface area contributed by atoms with Crippen LogP contribution in [0.5, 0.6) is 11.5 Å². The van der Waals surface area contributed by atoms with Crippen molar-refractivity contribution in [2.45, 2.75) is 51.4 Å². The van der Waals surface area contributed by atoms with Gasteiger partial charge in [0, 0.05) is 41.3 Å². The summed E-state index contributed by atoms with van der Waals surface area (Å²) in [5.41, 5.74) is 4.21. The zero-order chi connectivity index (χ0) is 19.1. The van der Waals surface area contributed by atoms with Crippen molar-refractivity contribution in [3.05, 3.63) is 43.8 Å². The second-order valence-corrected chi connectivity index (χ2v) is 8.34. The Morgan fingerprint density at radius 1 is 1.07 bits per heavy atom. The molecule has 142 valence electrons. The van der Waals surface area contributed by atoms with Crippen LogP contribution in [0, 0.1) is 3.57 Å². The molecule has 0 aromatic heterocycles. The molecule has 1 heterocycles. The van der Waals surface area contributed by atoms with Gasteiger partial charge in [0.25, 0.3) is 0 Å². The summed E-state index contributed by atoms with van der Waals surface area (Å²) in [7, 11) is 0. The molecule has 0 atom stereocenters. The lowest BCUT2D eigenvalue weighted by Crippen LogP contribution is -2.36. The van der Waals surface area contributed by atoms with Gasteiger partial charge in [0.15, 0.2) is 23.1 Å². The molecule has 4 rings (SSSR count). The predicted octanol–water partition coefficient (Wildman–Crippen LogP) is 4.10. The van der Waals surface area contributed by atoms with Crippen molar-refractivity contribution >= 4 is 34.2 Å². The molecule has 3 aliphatic rings. The minimum atomic E-state index is -0.370. The second kappa shape index (κ2) is 7.30. The zero-order valence-electron chi connectivity index (χ0n) is 15.2. The number of phenolic OH excluding ortho intramolecular Hbond substituents is 1. The topological polar surface area (TPSA) is 75.6 Å². The molecule has 0 saturated carbocycles. The summed E-state index contributed by atoms with van der Waals surface area (Å²) < 4.78 is 6.26. The van der Waals surface area contributed by atoms with E-state index in [0.717, 1.165) is 53.8 Å². The highest BCUT2D eigenvalue weighted by Crippen LogP contribution is 2.47. The van der Waals surface area contributed by atoms with Gasteiger partial charge in [0.05, 0.1) is 10.2 Å².